The third kappa shape index (κ3) is 4.03. The smallest absolute Gasteiger partial charge is 0.257 e. The zero-order chi connectivity index (χ0) is 22.9. The Kier molecular flexibility index (Phi) is 5.92. The minimum Gasteiger partial charge on any atom is -0.495 e. The molecule has 4 aromatic heterocycles. The summed E-state index contributed by atoms with van der Waals surface area (Å²) in [5.74, 6) is 1.97. The third-order valence-electron chi connectivity index (χ3n) is 5.22. The van der Waals surface area contributed by atoms with E-state index in [2.05, 4.69) is 15.2 Å². The van der Waals surface area contributed by atoms with Gasteiger partial charge in [-0.25, -0.2) is 4.98 Å². The summed E-state index contributed by atoms with van der Waals surface area (Å²) in [5.41, 5.74) is 2.14. The van der Waals surface area contributed by atoms with Gasteiger partial charge in [0.05, 0.1) is 27.3 Å². The molecule has 0 aliphatic rings. The second-order valence-corrected chi connectivity index (χ2v) is 9.56. The van der Waals surface area contributed by atoms with Crippen LogP contribution in [0.25, 0.3) is 22.0 Å². The number of nitrogens with zero attached hydrogens (tertiary/aromatic N) is 5. The lowest BCUT2D eigenvalue weighted by Gasteiger charge is -2.17. The number of methoxy groups -OCH3 is 1. The predicted octanol–water partition coefficient (Wildman–Crippen LogP) is 4.88. The molecule has 0 fully saturated rings. The first kappa shape index (κ1) is 21.7. The Labute approximate surface area is 203 Å². The number of hydrogen-bond acceptors (Lipinski definition) is 7. The van der Waals surface area contributed by atoms with E-state index in [0.29, 0.717) is 33.8 Å². The number of rotatable bonds is 6. The molecule has 0 saturated heterocycles. The molecule has 0 amide bonds. The highest BCUT2D eigenvalue weighted by atomic mass is 35.5. The molecule has 166 valence electrons. The Hall–Kier alpha value is -3.14. The van der Waals surface area contributed by atoms with Crippen LogP contribution < -0.4 is 10.3 Å². The van der Waals surface area contributed by atoms with Crippen molar-refractivity contribution in [3.63, 3.8) is 0 Å². The third-order valence-corrected chi connectivity index (χ3v) is 6.86. The largest absolute Gasteiger partial charge is 0.495 e. The van der Waals surface area contributed by atoms with Gasteiger partial charge in [0, 0.05) is 18.5 Å². The molecule has 0 aliphatic carbocycles. The van der Waals surface area contributed by atoms with Crippen molar-refractivity contribution < 1.29 is 4.74 Å². The molecule has 1 unspecified atom stereocenters. The van der Waals surface area contributed by atoms with E-state index in [1.807, 2.05) is 53.1 Å². The molecule has 5 rings (SSSR count). The van der Waals surface area contributed by atoms with Gasteiger partial charge in [-0.2, -0.15) is 12.6 Å². The number of fused-ring (bicyclic) bond motifs is 1. The molecular formula is C23H18ClN5O2S2. The van der Waals surface area contributed by atoms with Gasteiger partial charge < -0.3 is 4.74 Å². The lowest BCUT2D eigenvalue weighted by Crippen LogP contribution is -2.15. The van der Waals surface area contributed by atoms with Gasteiger partial charge in [0.1, 0.15) is 11.4 Å². The number of halogens is 1. The van der Waals surface area contributed by atoms with Crippen molar-refractivity contribution in [2.24, 2.45) is 0 Å². The Morgan fingerprint density at radius 1 is 1.12 bits per heavy atom. The van der Waals surface area contributed by atoms with E-state index in [-0.39, 0.29) is 10.8 Å². The second kappa shape index (κ2) is 9.01. The van der Waals surface area contributed by atoms with Crippen LogP contribution in [0, 0.1) is 0 Å². The van der Waals surface area contributed by atoms with Gasteiger partial charge in [-0.3, -0.25) is 13.8 Å². The molecule has 7 nitrogen and oxygen atoms in total. The lowest BCUT2D eigenvalue weighted by atomic mass is 10.1. The minimum atomic E-state index is -0.338. The molecule has 5 aromatic rings. The van der Waals surface area contributed by atoms with E-state index >= 15 is 0 Å². The van der Waals surface area contributed by atoms with Crippen molar-refractivity contribution in [2.75, 3.05) is 7.11 Å². The monoisotopic (exact) mass is 495 g/mol. The standard InChI is InChI=1S/C23H18ClN5O2S2/c1-31-16-7-3-2-6-15(16)29-22(26-27-23(29)18-8-9-19(24)33-18)17(32)13-14-5-4-12-28-20(30)10-11-25-21(14)28/h2-12,17,32H,13H2,1H3. The van der Waals surface area contributed by atoms with Crippen LogP contribution in [0.15, 0.2) is 71.8 Å². The zero-order valence-corrected chi connectivity index (χ0v) is 19.9. The second-order valence-electron chi connectivity index (χ2n) is 7.22. The SMILES string of the molecule is COc1ccccc1-n1c(-c2ccc(Cl)s2)nnc1C(S)Cc1cccn2c(=O)ccnc12. The summed E-state index contributed by atoms with van der Waals surface area (Å²) in [4.78, 5) is 17.5. The lowest BCUT2D eigenvalue weighted by molar-refractivity contribution is 0.412. The highest BCUT2D eigenvalue weighted by Gasteiger charge is 2.24. The highest BCUT2D eigenvalue weighted by Crippen LogP contribution is 2.37. The fourth-order valence-corrected chi connectivity index (χ4v) is 5.12. The number of pyridine rings is 1. The van der Waals surface area contributed by atoms with E-state index in [1.54, 1.807) is 13.3 Å². The molecule has 0 radical (unpaired) electrons. The molecule has 4 heterocycles. The zero-order valence-electron chi connectivity index (χ0n) is 17.4. The quantitative estimate of drug-likeness (QED) is 0.340. The number of thiophene rings is 1. The van der Waals surface area contributed by atoms with Gasteiger partial charge in [0.15, 0.2) is 11.6 Å². The summed E-state index contributed by atoms with van der Waals surface area (Å²) in [5, 5.41) is 8.64. The van der Waals surface area contributed by atoms with E-state index in [0.717, 1.165) is 16.1 Å². The van der Waals surface area contributed by atoms with Gasteiger partial charge in [-0.1, -0.05) is 29.8 Å². The average Bonchev–Trinajstić information content (AvgIpc) is 3.46. The first-order chi connectivity index (χ1) is 16.1. The average molecular weight is 496 g/mol. The first-order valence-corrected chi connectivity index (χ1v) is 11.8. The summed E-state index contributed by atoms with van der Waals surface area (Å²) in [7, 11) is 1.63. The van der Waals surface area contributed by atoms with Gasteiger partial charge in [0.2, 0.25) is 0 Å². The van der Waals surface area contributed by atoms with Crippen LogP contribution in [0.2, 0.25) is 4.34 Å². The molecule has 0 saturated carbocycles. The molecule has 0 bridgehead atoms. The van der Waals surface area contributed by atoms with E-state index in [1.165, 1.54) is 28.0 Å². The molecule has 0 spiro atoms. The number of ether oxygens (including phenoxy) is 1. The minimum absolute atomic E-state index is 0.133. The summed E-state index contributed by atoms with van der Waals surface area (Å²) < 4.78 is 9.76. The van der Waals surface area contributed by atoms with Gasteiger partial charge in [-0.05, 0) is 42.3 Å². The Bertz CT molecular complexity index is 1510. The Morgan fingerprint density at radius 3 is 2.76 bits per heavy atom. The fourth-order valence-electron chi connectivity index (χ4n) is 3.74. The maximum absolute atomic E-state index is 12.2. The molecular weight excluding hydrogens is 478 g/mol. The van der Waals surface area contributed by atoms with Crippen molar-refractivity contribution in [3.05, 3.63) is 93.1 Å². The topological polar surface area (TPSA) is 74.3 Å². The molecule has 1 aromatic carbocycles. The number of hydrogen-bond donors (Lipinski definition) is 1. The Morgan fingerprint density at radius 2 is 1.97 bits per heavy atom. The molecule has 0 N–H and O–H groups in total. The van der Waals surface area contributed by atoms with Crippen molar-refractivity contribution in [2.45, 2.75) is 11.7 Å². The van der Waals surface area contributed by atoms with Crippen LogP contribution in [-0.4, -0.2) is 31.3 Å². The number of aromatic nitrogens is 5. The van der Waals surface area contributed by atoms with Crippen molar-refractivity contribution in [3.8, 4) is 22.1 Å². The van der Waals surface area contributed by atoms with Crippen LogP contribution in [0.3, 0.4) is 0 Å². The molecule has 1 atom stereocenters. The molecule has 33 heavy (non-hydrogen) atoms. The highest BCUT2D eigenvalue weighted by molar-refractivity contribution is 7.80. The predicted molar refractivity (Wildman–Crippen MR) is 133 cm³/mol. The summed E-state index contributed by atoms with van der Waals surface area (Å²) in [6.07, 6.45) is 3.71. The van der Waals surface area contributed by atoms with Crippen LogP contribution in [0.1, 0.15) is 16.6 Å². The molecule has 0 aliphatic heterocycles. The normalized spacial score (nSPS) is 12.2. The van der Waals surface area contributed by atoms with Crippen LogP contribution in [0.4, 0.5) is 0 Å². The Balaban J connectivity index is 1.64. The fraction of sp³-hybridized carbons (Fsp3) is 0.130. The summed E-state index contributed by atoms with van der Waals surface area (Å²) >= 11 is 12.5. The van der Waals surface area contributed by atoms with Crippen molar-refractivity contribution in [1.29, 1.82) is 0 Å². The van der Waals surface area contributed by atoms with Crippen LogP contribution >= 0.6 is 35.6 Å². The maximum atomic E-state index is 12.2. The van der Waals surface area contributed by atoms with Crippen LogP contribution in [-0.2, 0) is 6.42 Å². The van der Waals surface area contributed by atoms with Crippen molar-refractivity contribution in [1.82, 2.24) is 24.1 Å². The van der Waals surface area contributed by atoms with Gasteiger partial charge >= 0.3 is 0 Å². The number of benzene rings is 1. The summed E-state index contributed by atoms with van der Waals surface area (Å²) in [6, 6.07) is 16.6. The number of para-hydroxylation sites is 2. The van der Waals surface area contributed by atoms with Gasteiger partial charge in [-0.15, -0.1) is 21.5 Å². The van der Waals surface area contributed by atoms with E-state index in [9.17, 15) is 4.79 Å². The van der Waals surface area contributed by atoms with E-state index in [4.69, 9.17) is 29.0 Å². The first-order valence-electron chi connectivity index (χ1n) is 10.0. The van der Waals surface area contributed by atoms with Gasteiger partial charge in [0.25, 0.3) is 5.56 Å². The number of thiol groups is 1. The maximum Gasteiger partial charge on any atom is 0.257 e. The van der Waals surface area contributed by atoms with Crippen LogP contribution in [0.5, 0.6) is 5.75 Å². The summed E-state index contributed by atoms with van der Waals surface area (Å²) in [6.45, 7) is 0. The van der Waals surface area contributed by atoms with Crippen molar-refractivity contribution >= 4 is 41.2 Å². The molecule has 10 heteroatoms. The van der Waals surface area contributed by atoms with E-state index < -0.39 is 0 Å².